The van der Waals surface area contributed by atoms with Crippen molar-refractivity contribution in [1.29, 1.82) is 0 Å². The zero-order chi connectivity index (χ0) is 8.39. The molecule has 0 radical (unpaired) electrons. The molecule has 0 unspecified atom stereocenters. The van der Waals surface area contributed by atoms with E-state index in [-0.39, 0.29) is 0 Å². The zero-order valence-electron chi connectivity index (χ0n) is 7.92. The van der Waals surface area contributed by atoms with Gasteiger partial charge in [0.15, 0.2) is 0 Å². The van der Waals surface area contributed by atoms with E-state index in [1.54, 1.807) is 0 Å². The van der Waals surface area contributed by atoms with E-state index in [1.165, 1.54) is 45.7 Å². The van der Waals surface area contributed by atoms with Gasteiger partial charge in [-0.05, 0) is 26.6 Å². The summed E-state index contributed by atoms with van der Waals surface area (Å²) in [6.45, 7) is 7.49. The number of hydrogen-bond acceptors (Lipinski definition) is 3. The molecule has 2 rings (SSSR count). The zero-order valence-corrected chi connectivity index (χ0v) is 7.92. The SMILES string of the molecule is CN1CC(N2CCCNCC2)C1. The van der Waals surface area contributed by atoms with Crippen LogP contribution >= 0.6 is 0 Å². The van der Waals surface area contributed by atoms with Crippen molar-refractivity contribution in [2.45, 2.75) is 12.5 Å². The summed E-state index contributed by atoms with van der Waals surface area (Å²) in [4.78, 5) is 5.03. The van der Waals surface area contributed by atoms with Gasteiger partial charge in [-0.2, -0.15) is 0 Å². The average molecular weight is 169 g/mol. The van der Waals surface area contributed by atoms with Crippen molar-refractivity contribution in [3.8, 4) is 0 Å². The fourth-order valence-electron chi connectivity index (χ4n) is 2.13. The Morgan fingerprint density at radius 2 is 2.00 bits per heavy atom. The molecule has 0 bridgehead atoms. The van der Waals surface area contributed by atoms with E-state index in [0.29, 0.717) is 0 Å². The molecule has 0 saturated carbocycles. The summed E-state index contributed by atoms with van der Waals surface area (Å²) in [7, 11) is 2.20. The van der Waals surface area contributed by atoms with E-state index in [1.807, 2.05) is 0 Å². The number of rotatable bonds is 1. The van der Waals surface area contributed by atoms with Crippen LogP contribution in [0.1, 0.15) is 6.42 Å². The normalized spacial score (nSPS) is 29.8. The quantitative estimate of drug-likeness (QED) is 0.576. The number of nitrogens with zero attached hydrogens (tertiary/aromatic N) is 2. The maximum atomic E-state index is 3.44. The van der Waals surface area contributed by atoms with Crippen LogP contribution in [0.2, 0.25) is 0 Å². The highest BCUT2D eigenvalue weighted by atomic mass is 15.3. The lowest BCUT2D eigenvalue weighted by molar-refractivity contribution is 0.0570. The highest BCUT2D eigenvalue weighted by Crippen LogP contribution is 2.13. The van der Waals surface area contributed by atoms with Gasteiger partial charge in [0.2, 0.25) is 0 Å². The molecule has 0 spiro atoms. The molecule has 2 aliphatic rings. The largest absolute Gasteiger partial charge is 0.315 e. The van der Waals surface area contributed by atoms with Gasteiger partial charge in [0.1, 0.15) is 0 Å². The predicted octanol–water partition coefficient (Wildman–Crippen LogP) is -0.404. The Morgan fingerprint density at radius 1 is 1.17 bits per heavy atom. The first kappa shape index (κ1) is 8.48. The van der Waals surface area contributed by atoms with Crippen molar-refractivity contribution in [2.75, 3.05) is 46.3 Å². The maximum absolute atomic E-state index is 3.44. The van der Waals surface area contributed by atoms with E-state index in [4.69, 9.17) is 0 Å². The van der Waals surface area contributed by atoms with Crippen LogP contribution in [-0.4, -0.2) is 62.2 Å². The summed E-state index contributed by atoms with van der Waals surface area (Å²) in [6, 6.07) is 0.856. The summed E-state index contributed by atoms with van der Waals surface area (Å²) in [6.07, 6.45) is 1.32. The summed E-state index contributed by atoms with van der Waals surface area (Å²) < 4.78 is 0. The molecule has 3 nitrogen and oxygen atoms in total. The van der Waals surface area contributed by atoms with E-state index < -0.39 is 0 Å². The molecule has 2 heterocycles. The highest BCUT2D eigenvalue weighted by molar-refractivity contribution is 4.87. The van der Waals surface area contributed by atoms with Gasteiger partial charge in [-0.25, -0.2) is 0 Å². The second-order valence-corrected chi connectivity index (χ2v) is 4.01. The van der Waals surface area contributed by atoms with Gasteiger partial charge in [-0.15, -0.1) is 0 Å². The third-order valence-corrected chi connectivity index (χ3v) is 2.94. The van der Waals surface area contributed by atoms with Gasteiger partial charge in [0.05, 0.1) is 0 Å². The van der Waals surface area contributed by atoms with E-state index in [0.717, 1.165) is 6.04 Å². The van der Waals surface area contributed by atoms with Gasteiger partial charge < -0.3 is 10.2 Å². The Balaban J connectivity index is 1.78. The lowest BCUT2D eigenvalue weighted by Gasteiger charge is -2.43. The first-order valence-electron chi connectivity index (χ1n) is 4.99. The van der Waals surface area contributed by atoms with Crippen LogP contribution in [0.25, 0.3) is 0 Å². The topological polar surface area (TPSA) is 18.5 Å². The second kappa shape index (κ2) is 3.73. The van der Waals surface area contributed by atoms with Crippen LogP contribution < -0.4 is 5.32 Å². The summed E-state index contributed by atoms with van der Waals surface area (Å²) in [5.41, 5.74) is 0. The first-order chi connectivity index (χ1) is 5.86. The van der Waals surface area contributed by atoms with E-state index >= 15 is 0 Å². The Hall–Kier alpha value is -0.120. The number of likely N-dealkylation sites (N-methyl/N-ethyl adjacent to an activating group) is 1. The van der Waals surface area contributed by atoms with Crippen molar-refractivity contribution in [2.24, 2.45) is 0 Å². The monoisotopic (exact) mass is 169 g/mol. The van der Waals surface area contributed by atoms with Crippen LogP contribution in [0.15, 0.2) is 0 Å². The summed E-state index contributed by atoms with van der Waals surface area (Å²) in [5.74, 6) is 0. The average Bonchev–Trinajstić information content (AvgIpc) is 2.26. The first-order valence-corrected chi connectivity index (χ1v) is 4.99. The molecule has 0 amide bonds. The molecule has 0 aromatic rings. The third kappa shape index (κ3) is 1.79. The molecule has 2 saturated heterocycles. The number of nitrogens with one attached hydrogen (secondary N) is 1. The van der Waals surface area contributed by atoms with Crippen LogP contribution in [0, 0.1) is 0 Å². The summed E-state index contributed by atoms with van der Waals surface area (Å²) >= 11 is 0. The Labute approximate surface area is 74.7 Å². The molecule has 0 aromatic heterocycles. The van der Waals surface area contributed by atoms with Crippen molar-refractivity contribution >= 4 is 0 Å². The van der Waals surface area contributed by atoms with Crippen LogP contribution in [-0.2, 0) is 0 Å². The molecule has 0 aromatic carbocycles. The second-order valence-electron chi connectivity index (χ2n) is 4.01. The molecule has 1 N–H and O–H groups in total. The molecule has 2 aliphatic heterocycles. The van der Waals surface area contributed by atoms with Gasteiger partial charge in [-0.3, -0.25) is 4.90 Å². The fourth-order valence-corrected chi connectivity index (χ4v) is 2.13. The standard InChI is InChI=1S/C9H19N3/c1-11-7-9(8-11)12-5-2-3-10-4-6-12/h9-10H,2-8H2,1H3. The third-order valence-electron chi connectivity index (χ3n) is 2.94. The number of hydrogen-bond donors (Lipinski definition) is 1. The molecule has 0 aliphatic carbocycles. The van der Waals surface area contributed by atoms with Crippen molar-refractivity contribution in [3.63, 3.8) is 0 Å². The van der Waals surface area contributed by atoms with Crippen molar-refractivity contribution < 1.29 is 0 Å². The molecular weight excluding hydrogens is 150 g/mol. The summed E-state index contributed by atoms with van der Waals surface area (Å²) in [5, 5.41) is 3.44. The lowest BCUT2D eigenvalue weighted by Crippen LogP contribution is -2.58. The minimum absolute atomic E-state index is 0.856. The predicted molar refractivity (Wildman–Crippen MR) is 50.3 cm³/mol. The lowest BCUT2D eigenvalue weighted by atomic mass is 10.1. The van der Waals surface area contributed by atoms with Crippen molar-refractivity contribution in [3.05, 3.63) is 0 Å². The maximum Gasteiger partial charge on any atom is 0.0350 e. The molecular formula is C9H19N3. The van der Waals surface area contributed by atoms with Gasteiger partial charge in [0, 0.05) is 32.2 Å². The highest BCUT2D eigenvalue weighted by Gasteiger charge is 2.28. The van der Waals surface area contributed by atoms with Gasteiger partial charge >= 0.3 is 0 Å². The fraction of sp³-hybridized carbons (Fsp3) is 1.00. The smallest absolute Gasteiger partial charge is 0.0350 e. The Kier molecular flexibility index (Phi) is 2.63. The van der Waals surface area contributed by atoms with Crippen molar-refractivity contribution in [1.82, 2.24) is 15.1 Å². The minimum atomic E-state index is 0.856. The molecule has 70 valence electrons. The van der Waals surface area contributed by atoms with Crippen LogP contribution in [0.3, 0.4) is 0 Å². The molecule has 3 heteroatoms. The van der Waals surface area contributed by atoms with Gasteiger partial charge in [-0.1, -0.05) is 0 Å². The minimum Gasteiger partial charge on any atom is -0.315 e. The molecule has 2 fully saturated rings. The Morgan fingerprint density at radius 3 is 2.75 bits per heavy atom. The Bertz CT molecular complexity index is 135. The molecule has 12 heavy (non-hydrogen) atoms. The molecule has 0 atom stereocenters. The van der Waals surface area contributed by atoms with E-state index in [2.05, 4.69) is 22.2 Å². The van der Waals surface area contributed by atoms with Crippen LogP contribution in [0.4, 0.5) is 0 Å². The number of likely N-dealkylation sites (tertiary alicyclic amines) is 1. The van der Waals surface area contributed by atoms with Crippen LogP contribution in [0.5, 0.6) is 0 Å². The van der Waals surface area contributed by atoms with Gasteiger partial charge in [0.25, 0.3) is 0 Å². The van der Waals surface area contributed by atoms with E-state index in [9.17, 15) is 0 Å².